The molecule has 1 saturated carbocycles. The van der Waals surface area contributed by atoms with Gasteiger partial charge in [0.05, 0.1) is 28.6 Å². The van der Waals surface area contributed by atoms with Crippen molar-refractivity contribution >= 4 is 29.4 Å². The Morgan fingerprint density at radius 2 is 1.83 bits per heavy atom. The topological polar surface area (TPSA) is 159 Å². The van der Waals surface area contributed by atoms with Crippen molar-refractivity contribution in [1.82, 2.24) is 39.9 Å². The van der Waals surface area contributed by atoms with Crippen molar-refractivity contribution < 1.29 is 40.7 Å². The standard InChI is InChI=1S/C32H31ClF6N10O3/c1-29(2,3)14-31(18-5-7-21(20(34)11-18)47-16-42-45-46-47)27(51)48(28(40)44-31)23(13-52-24(50)12-30(8-9-30)32(37,38)39)17-4-6-19(33)22(10-17)49-26(25(35)36)41-15-43-49/h4-7,10-11,15-16,23,25H,8-9,12-14H2,1-3H3,(H2,40,44)/t23-,31-/m1/s1. The van der Waals surface area contributed by atoms with Gasteiger partial charge in [-0.05, 0) is 70.5 Å². The number of nitrogens with zero attached hydrogens (tertiary/aromatic N) is 9. The second-order valence-corrected chi connectivity index (χ2v) is 14.3. The molecule has 2 N–H and O–H groups in total. The number of nitrogens with two attached hydrogens (primary N) is 1. The molecule has 6 rings (SSSR count). The van der Waals surface area contributed by atoms with Crippen LogP contribution in [0.15, 0.2) is 54.0 Å². The maximum Gasteiger partial charge on any atom is 0.395 e. The number of guanidine groups is 1. The van der Waals surface area contributed by atoms with Gasteiger partial charge in [0.25, 0.3) is 12.3 Å². The predicted octanol–water partition coefficient (Wildman–Crippen LogP) is 5.78. The van der Waals surface area contributed by atoms with Crippen LogP contribution >= 0.6 is 11.6 Å². The van der Waals surface area contributed by atoms with Gasteiger partial charge >= 0.3 is 12.1 Å². The molecule has 0 radical (unpaired) electrons. The number of ether oxygens (including phenoxy) is 1. The molecular formula is C32H31ClF6N10O3. The zero-order valence-corrected chi connectivity index (χ0v) is 28.5. The summed E-state index contributed by atoms with van der Waals surface area (Å²) in [7, 11) is 0. The van der Waals surface area contributed by atoms with Gasteiger partial charge in [0.1, 0.15) is 30.8 Å². The average molecular weight is 753 g/mol. The summed E-state index contributed by atoms with van der Waals surface area (Å²) in [4.78, 5) is 36.9. The van der Waals surface area contributed by atoms with Crippen molar-refractivity contribution in [1.29, 1.82) is 0 Å². The number of amides is 1. The van der Waals surface area contributed by atoms with Crippen LogP contribution < -0.4 is 5.73 Å². The predicted molar refractivity (Wildman–Crippen MR) is 171 cm³/mol. The Morgan fingerprint density at radius 1 is 1.10 bits per heavy atom. The van der Waals surface area contributed by atoms with Crippen LogP contribution in [0.2, 0.25) is 5.02 Å². The van der Waals surface area contributed by atoms with Gasteiger partial charge in [-0.3, -0.25) is 14.5 Å². The van der Waals surface area contributed by atoms with E-state index in [1.54, 1.807) is 0 Å². The Morgan fingerprint density at radius 3 is 2.42 bits per heavy atom. The smallest absolute Gasteiger partial charge is 0.395 e. The summed E-state index contributed by atoms with van der Waals surface area (Å²) in [6.45, 7) is 4.73. The molecule has 1 aliphatic heterocycles. The van der Waals surface area contributed by atoms with Gasteiger partial charge in [-0.2, -0.15) is 23.0 Å². The molecule has 1 aliphatic carbocycles. The first-order chi connectivity index (χ1) is 24.4. The van der Waals surface area contributed by atoms with Crippen molar-refractivity contribution in [2.75, 3.05) is 6.61 Å². The minimum absolute atomic E-state index is 0.0110. The first kappa shape index (κ1) is 36.7. The van der Waals surface area contributed by atoms with E-state index in [0.717, 1.165) is 26.7 Å². The van der Waals surface area contributed by atoms with Gasteiger partial charge in [0.2, 0.25) is 0 Å². The van der Waals surface area contributed by atoms with Crippen LogP contribution in [0, 0.1) is 16.6 Å². The Hall–Kier alpha value is -5.07. The maximum atomic E-state index is 15.6. The molecule has 13 nitrogen and oxygen atoms in total. The lowest BCUT2D eigenvalue weighted by molar-refractivity contribution is -0.195. The molecule has 20 heteroatoms. The number of carbonyl (C=O) groups is 2. The van der Waals surface area contributed by atoms with Gasteiger partial charge in [0.15, 0.2) is 17.3 Å². The zero-order chi connectivity index (χ0) is 37.8. The van der Waals surface area contributed by atoms with E-state index in [9.17, 15) is 31.5 Å². The number of hydrogen-bond acceptors (Lipinski definition) is 10. The summed E-state index contributed by atoms with van der Waals surface area (Å²) in [5.74, 6) is -3.91. The fraction of sp³-hybridized carbons (Fsp3) is 0.438. The highest BCUT2D eigenvalue weighted by Gasteiger charge is 2.64. The Kier molecular flexibility index (Phi) is 9.29. The van der Waals surface area contributed by atoms with Crippen LogP contribution in [0.25, 0.3) is 11.4 Å². The van der Waals surface area contributed by atoms with Crippen LogP contribution in [-0.2, 0) is 19.9 Å². The molecule has 2 aromatic carbocycles. The van der Waals surface area contributed by atoms with E-state index in [-0.39, 0.29) is 52.7 Å². The number of tetrazole rings is 1. The largest absolute Gasteiger partial charge is 0.463 e. The van der Waals surface area contributed by atoms with Gasteiger partial charge in [-0.25, -0.2) is 27.8 Å². The average Bonchev–Trinajstić information content (AvgIpc) is 3.37. The minimum atomic E-state index is -4.64. The number of carbonyl (C=O) groups excluding carboxylic acids is 2. The van der Waals surface area contributed by atoms with E-state index in [2.05, 4.69) is 30.6 Å². The number of esters is 1. The molecule has 3 heterocycles. The molecule has 2 aliphatic rings. The lowest BCUT2D eigenvalue weighted by Crippen LogP contribution is -2.47. The van der Waals surface area contributed by atoms with E-state index >= 15 is 4.39 Å². The zero-order valence-electron chi connectivity index (χ0n) is 27.8. The van der Waals surface area contributed by atoms with Crippen LogP contribution in [0.3, 0.4) is 0 Å². The summed E-state index contributed by atoms with van der Waals surface area (Å²) < 4.78 is 91.5. The van der Waals surface area contributed by atoms with Gasteiger partial charge in [0, 0.05) is 0 Å². The SMILES string of the molecule is CC(C)(C)C[C@]1(c2ccc(-n3cnnn3)c(F)c2)N=C(N)N([C@H](COC(=O)CC2(C(F)(F)F)CC2)c2ccc(Cl)c(-n3ncnc3C(F)F)c2)C1=O. The van der Waals surface area contributed by atoms with Crippen LogP contribution in [0.4, 0.5) is 26.3 Å². The minimum Gasteiger partial charge on any atom is -0.463 e. The molecule has 276 valence electrons. The number of benzene rings is 2. The normalized spacial score (nSPS) is 19.2. The summed E-state index contributed by atoms with van der Waals surface area (Å²) in [6.07, 6.45) is -7.09. The monoisotopic (exact) mass is 752 g/mol. The molecule has 1 fully saturated rings. The highest BCUT2D eigenvalue weighted by atomic mass is 35.5. The number of alkyl halides is 5. The molecule has 1 amide bonds. The van der Waals surface area contributed by atoms with E-state index in [1.807, 2.05) is 20.8 Å². The first-order valence-corrected chi connectivity index (χ1v) is 16.2. The summed E-state index contributed by atoms with van der Waals surface area (Å²) in [5.41, 5.74) is 1.87. The summed E-state index contributed by atoms with van der Waals surface area (Å²) in [6, 6.07) is 6.51. The molecule has 2 aromatic heterocycles. The number of halogens is 7. The molecular weight excluding hydrogens is 722 g/mol. The number of aliphatic imine (C=N–C) groups is 1. The highest BCUT2D eigenvalue weighted by molar-refractivity contribution is 6.32. The summed E-state index contributed by atoms with van der Waals surface area (Å²) >= 11 is 6.39. The number of hydrogen-bond donors (Lipinski definition) is 1. The highest BCUT2D eigenvalue weighted by Crippen LogP contribution is 2.60. The molecule has 52 heavy (non-hydrogen) atoms. The third kappa shape index (κ3) is 6.80. The van der Waals surface area contributed by atoms with E-state index in [0.29, 0.717) is 0 Å². The van der Waals surface area contributed by atoms with E-state index < -0.39 is 71.6 Å². The van der Waals surface area contributed by atoms with Crippen LogP contribution in [0.1, 0.15) is 75.9 Å². The Labute approximate surface area is 296 Å². The van der Waals surface area contributed by atoms with Crippen LogP contribution in [-0.4, -0.2) is 70.5 Å². The van der Waals surface area contributed by atoms with E-state index in [4.69, 9.17) is 22.1 Å². The third-order valence-electron chi connectivity index (χ3n) is 8.94. The van der Waals surface area contributed by atoms with E-state index in [1.165, 1.54) is 36.7 Å². The van der Waals surface area contributed by atoms with Crippen molar-refractivity contribution in [2.45, 2.75) is 70.6 Å². The Balaban J connectivity index is 1.43. The van der Waals surface area contributed by atoms with Crippen molar-refractivity contribution in [2.24, 2.45) is 21.6 Å². The van der Waals surface area contributed by atoms with Gasteiger partial charge < -0.3 is 10.5 Å². The van der Waals surface area contributed by atoms with Crippen molar-refractivity contribution in [3.63, 3.8) is 0 Å². The maximum absolute atomic E-state index is 15.6. The molecule has 2 atom stereocenters. The quantitative estimate of drug-likeness (QED) is 0.148. The van der Waals surface area contributed by atoms with Crippen molar-refractivity contribution in [3.05, 3.63) is 76.8 Å². The number of rotatable bonds is 11. The van der Waals surface area contributed by atoms with Gasteiger partial charge in [-0.1, -0.05) is 44.5 Å². The Bertz CT molecular complexity index is 2030. The number of aromatic nitrogens is 7. The van der Waals surface area contributed by atoms with Crippen molar-refractivity contribution in [3.8, 4) is 11.4 Å². The molecule has 0 spiro atoms. The molecule has 0 unspecified atom stereocenters. The lowest BCUT2D eigenvalue weighted by atomic mass is 9.75. The third-order valence-corrected chi connectivity index (χ3v) is 9.26. The molecule has 0 saturated heterocycles. The second kappa shape index (κ2) is 13.2. The second-order valence-electron chi connectivity index (χ2n) is 13.9. The fourth-order valence-corrected chi connectivity index (χ4v) is 6.51. The molecule has 4 aromatic rings. The summed E-state index contributed by atoms with van der Waals surface area (Å²) in [5, 5.41) is 14.5. The van der Waals surface area contributed by atoms with Crippen LogP contribution in [0.5, 0.6) is 0 Å². The fourth-order valence-electron chi connectivity index (χ4n) is 6.31. The first-order valence-electron chi connectivity index (χ1n) is 15.8. The molecule has 0 bridgehead atoms. The lowest BCUT2D eigenvalue weighted by Gasteiger charge is -2.35. The van der Waals surface area contributed by atoms with Gasteiger partial charge in [-0.15, -0.1) is 5.10 Å².